The maximum Gasteiger partial charge on any atom is 0.306 e. The van der Waals surface area contributed by atoms with Gasteiger partial charge in [0, 0.05) is 33.5 Å². The number of hydrogen-bond acceptors (Lipinski definition) is 8. The summed E-state index contributed by atoms with van der Waals surface area (Å²) < 4.78 is 21.3. The Morgan fingerprint density at radius 1 is 1.03 bits per heavy atom. The first-order valence-electron chi connectivity index (χ1n) is 11.1. The zero-order valence-corrected chi connectivity index (χ0v) is 19.7. The summed E-state index contributed by atoms with van der Waals surface area (Å²) in [7, 11) is 3.07. The van der Waals surface area contributed by atoms with Crippen molar-refractivity contribution in [1.82, 2.24) is 0 Å². The van der Waals surface area contributed by atoms with Gasteiger partial charge in [-0.1, -0.05) is 6.07 Å². The zero-order chi connectivity index (χ0) is 23.9. The van der Waals surface area contributed by atoms with E-state index in [0.29, 0.717) is 57.3 Å². The van der Waals surface area contributed by atoms with E-state index in [4.69, 9.17) is 18.9 Å². The van der Waals surface area contributed by atoms with Crippen LogP contribution in [0, 0.1) is 0 Å². The molecule has 3 unspecified atom stereocenters. The van der Waals surface area contributed by atoms with Crippen LogP contribution in [0.2, 0.25) is 0 Å². The largest absolute Gasteiger partial charge is 0.504 e. The van der Waals surface area contributed by atoms with E-state index >= 15 is 0 Å². The number of aliphatic hydroxyl groups is 1. The molecule has 0 saturated carbocycles. The molecule has 0 radical (unpaired) electrons. The highest BCUT2D eigenvalue weighted by atomic mass is 16.6. The van der Waals surface area contributed by atoms with Crippen molar-refractivity contribution in [2.24, 2.45) is 0 Å². The molecule has 1 rings (SSSR count). The third kappa shape index (κ3) is 11.9. The van der Waals surface area contributed by atoms with Crippen molar-refractivity contribution < 1.29 is 38.7 Å². The molecular weight excluding hydrogens is 416 g/mol. The Bertz CT molecular complexity index is 689. The first-order chi connectivity index (χ1) is 15.2. The summed E-state index contributed by atoms with van der Waals surface area (Å²) in [6.07, 6.45) is 2.91. The molecule has 0 heterocycles. The number of aromatic hydroxyl groups is 1. The van der Waals surface area contributed by atoms with E-state index < -0.39 is 18.3 Å². The molecule has 3 atom stereocenters. The average Bonchev–Trinajstić information content (AvgIpc) is 2.72. The lowest BCUT2D eigenvalue weighted by Crippen LogP contribution is -2.28. The van der Waals surface area contributed by atoms with Gasteiger partial charge in [0.05, 0.1) is 13.2 Å². The molecule has 0 spiro atoms. The van der Waals surface area contributed by atoms with Gasteiger partial charge in [0.2, 0.25) is 0 Å². The molecule has 0 aromatic heterocycles. The number of carbonyl (C=O) groups excluding carboxylic acids is 2. The van der Waals surface area contributed by atoms with E-state index in [2.05, 4.69) is 0 Å². The second kappa shape index (κ2) is 15.5. The van der Waals surface area contributed by atoms with Crippen LogP contribution in [-0.4, -0.2) is 61.3 Å². The van der Waals surface area contributed by atoms with Crippen molar-refractivity contribution in [3.8, 4) is 11.5 Å². The molecule has 8 nitrogen and oxygen atoms in total. The van der Waals surface area contributed by atoms with Gasteiger partial charge in [-0.15, -0.1) is 0 Å². The van der Waals surface area contributed by atoms with Crippen LogP contribution in [0.25, 0.3) is 0 Å². The number of hydrogen-bond donors (Lipinski definition) is 2. The Kier molecular flexibility index (Phi) is 13.4. The lowest BCUT2D eigenvalue weighted by Gasteiger charge is -2.24. The highest BCUT2D eigenvalue weighted by Gasteiger charge is 2.23. The summed E-state index contributed by atoms with van der Waals surface area (Å²) >= 11 is 0. The number of aliphatic hydroxyl groups excluding tert-OH is 1. The molecular formula is C24H38O8. The molecule has 0 aliphatic heterocycles. The summed E-state index contributed by atoms with van der Waals surface area (Å²) in [5.74, 6) is -0.265. The van der Waals surface area contributed by atoms with E-state index in [0.717, 1.165) is 5.56 Å². The van der Waals surface area contributed by atoms with Gasteiger partial charge in [0.1, 0.15) is 12.2 Å². The monoisotopic (exact) mass is 454 g/mol. The van der Waals surface area contributed by atoms with Crippen molar-refractivity contribution >= 4 is 11.9 Å². The standard InChI is InChI=1S/C24H38O8/c1-17(25)7-5-8-20(31-18(2)26)16-21(32-24(28)9-6-14-29-3)12-10-19-11-13-22(27)23(15-19)30-4/h11,13,15,17,20-21,25,27H,5-10,12,14,16H2,1-4H3. The molecule has 0 saturated heterocycles. The van der Waals surface area contributed by atoms with Gasteiger partial charge < -0.3 is 29.2 Å². The summed E-state index contributed by atoms with van der Waals surface area (Å²) in [6.45, 7) is 3.55. The average molecular weight is 455 g/mol. The fraction of sp³-hybridized carbons (Fsp3) is 0.667. The van der Waals surface area contributed by atoms with E-state index in [9.17, 15) is 19.8 Å². The van der Waals surface area contributed by atoms with Crippen LogP contribution in [0.4, 0.5) is 0 Å². The third-order valence-electron chi connectivity index (χ3n) is 5.03. The predicted octanol–water partition coefficient (Wildman–Crippen LogP) is 3.54. The van der Waals surface area contributed by atoms with Crippen LogP contribution in [0.3, 0.4) is 0 Å². The van der Waals surface area contributed by atoms with Crippen molar-refractivity contribution in [3.63, 3.8) is 0 Å². The van der Waals surface area contributed by atoms with E-state index in [1.807, 2.05) is 0 Å². The topological polar surface area (TPSA) is 112 Å². The van der Waals surface area contributed by atoms with Crippen LogP contribution >= 0.6 is 0 Å². The third-order valence-corrected chi connectivity index (χ3v) is 5.03. The molecule has 0 aliphatic rings. The first kappa shape index (κ1) is 27.7. The van der Waals surface area contributed by atoms with E-state index in [-0.39, 0.29) is 24.1 Å². The normalized spacial score (nSPS) is 13.8. The quantitative estimate of drug-likeness (QED) is 0.288. The van der Waals surface area contributed by atoms with Gasteiger partial charge in [-0.05, 0) is 63.1 Å². The Morgan fingerprint density at radius 2 is 1.75 bits per heavy atom. The van der Waals surface area contributed by atoms with Crippen LogP contribution in [0.1, 0.15) is 64.4 Å². The van der Waals surface area contributed by atoms with Gasteiger partial charge in [-0.3, -0.25) is 9.59 Å². The Balaban J connectivity index is 2.83. The number of methoxy groups -OCH3 is 2. The van der Waals surface area contributed by atoms with Crippen LogP contribution in [0.5, 0.6) is 11.5 Å². The van der Waals surface area contributed by atoms with E-state index in [1.165, 1.54) is 14.0 Å². The molecule has 182 valence electrons. The summed E-state index contributed by atoms with van der Waals surface area (Å²) in [6, 6.07) is 5.11. The lowest BCUT2D eigenvalue weighted by atomic mass is 9.99. The molecule has 0 bridgehead atoms. The molecule has 0 amide bonds. The van der Waals surface area contributed by atoms with Crippen LogP contribution < -0.4 is 4.74 Å². The highest BCUT2D eigenvalue weighted by molar-refractivity contribution is 5.69. The van der Waals surface area contributed by atoms with Crippen molar-refractivity contribution in [2.75, 3.05) is 20.8 Å². The predicted molar refractivity (Wildman–Crippen MR) is 120 cm³/mol. The molecule has 0 fully saturated rings. The fourth-order valence-corrected chi connectivity index (χ4v) is 3.43. The summed E-state index contributed by atoms with van der Waals surface area (Å²) in [5.41, 5.74) is 0.929. The van der Waals surface area contributed by atoms with Gasteiger partial charge in [0.15, 0.2) is 11.5 Å². The van der Waals surface area contributed by atoms with Gasteiger partial charge >= 0.3 is 11.9 Å². The number of rotatable bonds is 16. The van der Waals surface area contributed by atoms with Gasteiger partial charge in [0.25, 0.3) is 0 Å². The molecule has 8 heteroatoms. The fourth-order valence-electron chi connectivity index (χ4n) is 3.43. The van der Waals surface area contributed by atoms with Crippen LogP contribution in [0.15, 0.2) is 18.2 Å². The second-order valence-corrected chi connectivity index (χ2v) is 8.00. The number of phenols is 1. The van der Waals surface area contributed by atoms with Gasteiger partial charge in [-0.25, -0.2) is 0 Å². The first-order valence-corrected chi connectivity index (χ1v) is 11.1. The van der Waals surface area contributed by atoms with Crippen LogP contribution in [-0.2, 0) is 30.2 Å². The second-order valence-electron chi connectivity index (χ2n) is 8.00. The minimum Gasteiger partial charge on any atom is -0.504 e. The summed E-state index contributed by atoms with van der Waals surface area (Å²) in [4.78, 5) is 23.9. The molecule has 1 aromatic rings. The molecule has 2 N–H and O–H groups in total. The summed E-state index contributed by atoms with van der Waals surface area (Å²) in [5, 5.41) is 19.3. The van der Waals surface area contributed by atoms with Crippen molar-refractivity contribution in [2.45, 2.75) is 83.5 Å². The lowest BCUT2D eigenvalue weighted by molar-refractivity contribution is -0.155. The minimum atomic E-state index is -0.444. The highest BCUT2D eigenvalue weighted by Crippen LogP contribution is 2.27. The molecule has 0 aliphatic carbocycles. The number of carbonyl (C=O) groups is 2. The Hall–Kier alpha value is -2.32. The molecule has 32 heavy (non-hydrogen) atoms. The smallest absolute Gasteiger partial charge is 0.306 e. The zero-order valence-electron chi connectivity index (χ0n) is 19.7. The molecule has 1 aromatic carbocycles. The number of aryl methyl sites for hydroxylation is 1. The van der Waals surface area contributed by atoms with Crippen molar-refractivity contribution in [3.05, 3.63) is 23.8 Å². The Labute approximate surface area is 190 Å². The number of phenolic OH excluding ortho intramolecular Hbond substituents is 1. The Morgan fingerprint density at radius 3 is 2.38 bits per heavy atom. The maximum atomic E-state index is 12.3. The number of benzene rings is 1. The SMILES string of the molecule is COCCCC(=O)OC(CCc1ccc(O)c(OC)c1)CC(CCCC(C)O)OC(C)=O. The number of esters is 2. The minimum absolute atomic E-state index is 0.0606. The number of ether oxygens (including phenoxy) is 4. The van der Waals surface area contributed by atoms with Gasteiger partial charge in [-0.2, -0.15) is 0 Å². The van der Waals surface area contributed by atoms with Crippen molar-refractivity contribution in [1.29, 1.82) is 0 Å². The van der Waals surface area contributed by atoms with E-state index in [1.54, 1.807) is 32.2 Å². The maximum absolute atomic E-state index is 12.3.